The van der Waals surface area contributed by atoms with Crippen molar-refractivity contribution in [2.45, 2.75) is 0 Å². The van der Waals surface area contributed by atoms with Gasteiger partial charge in [-0.3, -0.25) is 0 Å². The van der Waals surface area contributed by atoms with Crippen molar-refractivity contribution in [3.8, 4) is 0 Å². The Morgan fingerprint density at radius 3 is 2.38 bits per heavy atom. The fourth-order valence-corrected chi connectivity index (χ4v) is 1.67. The molecule has 0 aromatic carbocycles. The molecule has 0 saturated carbocycles. The highest BCUT2D eigenvalue weighted by atomic mass is 127. The van der Waals surface area contributed by atoms with Crippen molar-refractivity contribution in [2.24, 2.45) is 0 Å². The molecule has 46 valence electrons. The lowest BCUT2D eigenvalue weighted by Crippen LogP contribution is -1.95. The second-order valence-corrected chi connectivity index (χ2v) is 3.25. The van der Waals surface area contributed by atoms with E-state index in [-0.39, 0.29) is 3.77 Å². The molecule has 0 saturated heterocycles. The third kappa shape index (κ3) is 1.25. The third-order valence-corrected chi connectivity index (χ3v) is 1.93. The Labute approximate surface area is 59.9 Å². The average Bonchev–Trinajstić information content (AvgIpc) is 1.82. The van der Waals surface area contributed by atoms with Crippen LogP contribution in [0, 0.1) is 0 Å². The fourth-order valence-electron chi connectivity index (χ4n) is 0.234. The molecule has 0 aliphatic carbocycles. The molecule has 1 aliphatic rings. The molecular weight excluding hydrogens is 247 g/mol. The maximum atomic E-state index is 10.1. The summed E-state index contributed by atoms with van der Waals surface area (Å²) in [7, 11) is -3.70. The highest BCUT2D eigenvalue weighted by Crippen LogP contribution is 2.20. The Kier molecular flexibility index (Phi) is 1.35. The van der Waals surface area contributed by atoms with Crippen molar-refractivity contribution >= 4 is 33.0 Å². The molecule has 1 aliphatic heterocycles. The zero-order valence-corrected chi connectivity index (χ0v) is 6.47. The molecule has 0 aromatic heterocycles. The summed E-state index contributed by atoms with van der Waals surface area (Å²) in [5.41, 5.74) is 0. The molecule has 0 unspecified atom stereocenters. The first-order valence-corrected chi connectivity index (χ1v) is 4.00. The van der Waals surface area contributed by atoms with E-state index in [1.807, 2.05) is 0 Å². The minimum atomic E-state index is -3.70. The molecule has 0 N–H and O–H groups in total. The van der Waals surface area contributed by atoms with Crippen LogP contribution in [-0.4, -0.2) is 8.42 Å². The summed E-state index contributed by atoms with van der Waals surface area (Å²) in [6, 6.07) is 0. The van der Waals surface area contributed by atoms with Crippen LogP contribution in [0.15, 0.2) is 10.0 Å². The smallest absolute Gasteiger partial charge is 0.356 e. The van der Waals surface area contributed by atoms with E-state index in [1.165, 1.54) is 0 Å². The lowest BCUT2D eigenvalue weighted by molar-refractivity contribution is 0.379. The number of hydrogen-bond acceptors (Lipinski definition) is 4. The predicted molar refractivity (Wildman–Crippen MR) is 33.2 cm³/mol. The minimum Gasteiger partial charge on any atom is -0.356 e. The molecule has 4 nitrogen and oxygen atoms in total. The van der Waals surface area contributed by atoms with Crippen molar-refractivity contribution in [1.29, 1.82) is 0 Å². The van der Waals surface area contributed by atoms with Crippen LogP contribution < -0.4 is 0 Å². The second kappa shape index (κ2) is 1.76. The highest BCUT2D eigenvalue weighted by molar-refractivity contribution is 14.1. The van der Waals surface area contributed by atoms with Crippen molar-refractivity contribution < 1.29 is 16.8 Å². The van der Waals surface area contributed by atoms with E-state index in [9.17, 15) is 8.42 Å². The van der Waals surface area contributed by atoms with Crippen LogP contribution >= 0.6 is 22.6 Å². The first kappa shape index (κ1) is 6.14. The Bertz CT molecular complexity index is 214. The maximum Gasteiger partial charge on any atom is 0.501 e. The van der Waals surface area contributed by atoms with Gasteiger partial charge in [-0.15, -0.1) is 8.42 Å². The van der Waals surface area contributed by atoms with Gasteiger partial charge in [0.15, 0.2) is 6.26 Å². The Morgan fingerprint density at radius 2 is 2.25 bits per heavy atom. The number of hydrogen-bond donors (Lipinski definition) is 0. The van der Waals surface area contributed by atoms with Crippen molar-refractivity contribution in [3.05, 3.63) is 10.0 Å². The number of halogens is 1. The summed E-state index contributed by atoms with van der Waals surface area (Å²) >= 11 is 1.69. The van der Waals surface area contributed by atoms with Gasteiger partial charge in [0, 0.05) is 22.6 Å². The molecule has 0 bridgehead atoms. The molecule has 0 amide bonds. The van der Waals surface area contributed by atoms with Gasteiger partial charge < -0.3 is 8.37 Å². The second-order valence-electron chi connectivity index (χ2n) is 1.01. The summed E-state index contributed by atoms with van der Waals surface area (Å²) in [6.45, 7) is 0. The third-order valence-electron chi connectivity index (χ3n) is 0.440. The average molecular weight is 248 g/mol. The van der Waals surface area contributed by atoms with Gasteiger partial charge in [-0.25, -0.2) is 0 Å². The van der Waals surface area contributed by atoms with Gasteiger partial charge in [0.05, 0.1) is 0 Å². The zero-order valence-electron chi connectivity index (χ0n) is 3.50. The van der Waals surface area contributed by atoms with Crippen LogP contribution in [0.5, 0.6) is 0 Å². The largest absolute Gasteiger partial charge is 0.501 e. The van der Waals surface area contributed by atoms with Crippen molar-refractivity contribution in [2.75, 3.05) is 0 Å². The van der Waals surface area contributed by atoms with Crippen LogP contribution in [0.2, 0.25) is 0 Å². The molecule has 0 radical (unpaired) electrons. The molecule has 1 heterocycles. The normalized spacial score (nSPS) is 23.4. The molecule has 0 atom stereocenters. The molecule has 1 rings (SSSR count). The quantitative estimate of drug-likeness (QED) is 0.586. The molecule has 0 aromatic rings. The van der Waals surface area contributed by atoms with Crippen LogP contribution in [0.1, 0.15) is 0 Å². The zero-order chi connectivity index (χ0) is 6.20. The summed E-state index contributed by atoms with van der Waals surface area (Å²) in [5, 5.41) is 0. The summed E-state index contributed by atoms with van der Waals surface area (Å²) < 4.78 is 28.7. The van der Waals surface area contributed by atoms with Gasteiger partial charge in [0.25, 0.3) is 0 Å². The SMILES string of the molecule is O=S1(=O)OC=C(I)O1. The van der Waals surface area contributed by atoms with Crippen LogP contribution in [0.4, 0.5) is 0 Å². The highest BCUT2D eigenvalue weighted by Gasteiger charge is 2.20. The van der Waals surface area contributed by atoms with E-state index in [0.29, 0.717) is 0 Å². The van der Waals surface area contributed by atoms with Gasteiger partial charge in [-0.05, 0) is 0 Å². The first-order chi connectivity index (χ1) is 3.60. The van der Waals surface area contributed by atoms with Gasteiger partial charge in [-0.1, -0.05) is 0 Å². The van der Waals surface area contributed by atoms with E-state index < -0.39 is 10.4 Å². The van der Waals surface area contributed by atoms with Gasteiger partial charge in [0.2, 0.25) is 3.77 Å². The van der Waals surface area contributed by atoms with Gasteiger partial charge in [0.1, 0.15) is 0 Å². The Balaban J connectivity index is 2.85. The molecular formula is C2HIO4S. The monoisotopic (exact) mass is 248 g/mol. The van der Waals surface area contributed by atoms with Crippen LogP contribution in [-0.2, 0) is 18.8 Å². The van der Waals surface area contributed by atoms with Crippen molar-refractivity contribution in [3.63, 3.8) is 0 Å². The van der Waals surface area contributed by atoms with Crippen molar-refractivity contribution in [1.82, 2.24) is 0 Å². The summed E-state index contributed by atoms with van der Waals surface area (Å²) in [4.78, 5) is 0. The summed E-state index contributed by atoms with van der Waals surface area (Å²) in [6.07, 6.45) is 1.02. The predicted octanol–water partition coefficient (Wildman–Crippen LogP) is 0.512. The lowest BCUT2D eigenvalue weighted by Gasteiger charge is -1.88. The van der Waals surface area contributed by atoms with E-state index in [2.05, 4.69) is 8.37 Å². The fraction of sp³-hybridized carbons (Fsp3) is 0. The van der Waals surface area contributed by atoms with E-state index in [0.717, 1.165) is 6.26 Å². The van der Waals surface area contributed by atoms with E-state index >= 15 is 0 Å². The minimum absolute atomic E-state index is 0.225. The van der Waals surface area contributed by atoms with Gasteiger partial charge >= 0.3 is 10.4 Å². The van der Waals surface area contributed by atoms with E-state index in [4.69, 9.17) is 0 Å². The maximum absolute atomic E-state index is 10.1. The Hall–Kier alpha value is 0.0200. The molecule has 8 heavy (non-hydrogen) atoms. The van der Waals surface area contributed by atoms with Gasteiger partial charge in [-0.2, -0.15) is 0 Å². The standard InChI is InChI=1S/C2HIO4S/c3-2-1-6-8(4,5)7-2/h1H. The molecule has 0 spiro atoms. The summed E-state index contributed by atoms with van der Waals surface area (Å²) in [5.74, 6) is 0. The molecule has 0 fully saturated rings. The number of rotatable bonds is 0. The Morgan fingerprint density at radius 1 is 1.62 bits per heavy atom. The lowest BCUT2D eigenvalue weighted by atomic mass is 11.1. The molecule has 6 heteroatoms. The first-order valence-electron chi connectivity index (χ1n) is 1.58. The topological polar surface area (TPSA) is 52.6 Å². The van der Waals surface area contributed by atoms with Crippen LogP contribution in [0.25, 0.3) is 0 Å². The van der Waals surface area contributed by atoms with Crippen LogP contribution in [0.3, 0.4) is 0 Å². The van der Waals surface area contributed by atoms with E-state index in [1.54, 1.807) is 22.6 Å².